The van der Waals surface area contributed by atoms with E-state index in [0.29, 0.717) is 15.8 Å². The number of carbonyl (C=O) groups is 1. The molecule has 0 saturated heterocycles. The number of hydrogen-bond acceptors (Lipinski definition) is 3. The largest absolute Gasteiger partial charge is 0.504 e. The number of phenols is 1. The SMILES string of the molecule is COc1cc(C=CC(=O)c2ccc(C)c(C)c2)c(Br)cc1O. The molecule has 0 bridgehead atoms. The van der Waals surface area contributed by atoms with Crippen molar-refractivity contribution in [2.75, 3.05) is 7.11 Å². The number of halogens is 1. The number of carbonyl (C=O) groups excluding carboxylic acids is 1. The Morgan fingerprint density at radius 3 is 2.55 bits per heavy atom. The summed E-state index contributed by atoms with van der Waals surface area (Å²) in [4.78, 5) is 12.2. The van der Waals surface area contributed by atoms with Crippen LogP contribution in [0, 0.1) is 13.8 Å². The van der Waals surface area contributed by atoms with Crippen LogP contribution in [-0.2, 0) is 0 Å². The number of ketones is 1. The van der Waals surface area contributed by atoms with Gasteiger partial charge >= 0.3 is 0 Å². The number of aryl methyl sites for hydroxylation is 2. The van der Waals surface area contributed by atoms with Gasteiger partial charge < -0.3 is 9.84 Å². The van der Waals surface area contributed by atoms with Gasteiger partial charge in [0.2, 0.25) is 0 Å². The molecule has 0 saturated carbocycles. The molecule has 0 aliphatic rings. The summed E-state index contributed by atoms with van der Waals surface area (Å²) >= 11 is 3.36. The first-order valence-electron chi connectivity index (χ1n) is 6.78. The van der Waals surface area contributed by atoms with Gasteiger partial charge in [-0.05, 0) is 60.9 Å². The number of hydrogen-bond donors (Lipinski definition) is 1. The lowest BCUT2D eigenvalue weighted by molar-refractivity contribution is 0.104. The van der Waals surface area contributed by atoms with Crippen molar-refractivity contribution < 1.29 is 14.6 Å². The Hall–Kier alpha value is -2.07. The van der Waals surface area contributed by atoms with E-state index in [1.165, 1.54) is 13.2 Å². The molecule has 0 aliphatic carbocycles. The van der Waals surface area contributed by atoms with E-state index in [1.54, 1.807) is 18.2 Å². The summed E-state index contributed by atoms with van der Waals surface area (Å²) in [6.45, 7) is 4.00. The zero-order chi connectivity index (χ0) is 16.3. The van der Waals surface area contributed by atoms with E-state index >= 15 is 0 Å². The summed E-state index contributed by atoms with van der Waals surface area (Å²) in [7, 11) is 1.48. The lowest BCUT2D eigenvalue weighted by Gasteiger charge is -2.06. The molecule has 0 amide bonds. The number of aromatic hydroxyl groups is 1. The summed E-state index contributed by atoms with van der Waals surface area (Å²) in [5, 5.41) is 9.68. The molecule has 2 aromatic rings. The second-order valence-electron chi connectivity index (χ2n) is 5.04. The van der Waals surface area contributed by atoms with E-state index in [2.05, 4.69) is 15.9 Å². The van der Waals surface area contributed by atoms with Crippen LogP contribution in [0.3, 0.4) is 0 Å². The van der Waals surface area contributed by atoms with Crippen molar-refractivity contribution in [1.29, 1.82) is 0 Å². The molecule has 0 fully saturated rings. The van der Waals surface area contributed by atoms with Crippen LogP contribution in [0.15, 0.2) is 40.9 Å². The Kier molecular flexibility index (Phi) is 5.03. The molecule has 0 unspecified atom stereocenters. The molecule has 0 radical (unpaired) electrons. The minimum atomic E-state index is -0.0676. The third-order valence-electron chi connectivity index (χ3n) is 3.50. The zero-order valence-corrected chi connectivity index (χ0v) is 14.3. The maximum absolute atomic E-state index is 12.2. The number of allylic oxidation sites excluding steroid dienone is 1. The molecule has 0 spiro atoms. The molecule has 114 valence electrons. The third kappa shape index (κ3) is 3.57. The van der Waals surface area contributed by atoms with Crippen LogP contribution < -0.4 is 4.74 Å². The molecule has 4 heteroatoms. The summed E-state index contributed by atoms with van der Waals surface area (Å²) < 4.78 is 5.76. The predicted molar refractivity (Wildman–Crippen MR) is 91.6 cm³/mol. The maximum Gasteiger partial charge on any atom is 0.185 e. The molecule has 2 rings (SSSR count). The highest BCUT2D eigenvalue weighted by Crippen LogP contribution is 2.33. The van der Waals surface area contributed by atoms with Crippen molar-refractivity contribution in [3.05, 3.63) is 63.1 Å². The molecular formula is C18H17BrO3. The second-order valence-corrected chi connectivity index (χ2v) is 5.90. The Morgan fingerprint density at radius 1 is 1.18 bits per heavy atom. The van der Waals surface area contributed by atoms with E-state index in [9.17, 15) is 9.90 Å². The topological polar surface area (TPSA) is 46.5 Å². The van der Waals surface area contributed by atoms with Gasteiger partial charge in [-0.1, -0.05) is 28.1 Å². The monoisotopic (exact) mass is 360 g/mol. The Bertz CT molecular complexity index is 748. The Labute approximate surface area is 138 Å². The van der Waals surface area contributed by atoms with E-state index < -0.39 is 0 Å². The van der Waals surface area contributed by atoms with Gasteiger partial charge in [-0.25, -0.2) is 0 Å². The van der Waals surface area contributed by atoms with E-state index in [1.807, 2.05) is 32.0 Å². The maximum atomic E-state index is 12.2. The standard InChI is InChI=1S/C18H17BrO3/c1-11-4-5-14(8-12(11)2)16(20)7-6-13-9-18(22-3)17(21)10-15(13)19/h4-10,21H,1-3H3. The van der Waals surface area contributed by atoms with Crippen LogP contribution in [0.4, 0.5) is 0 Å². The van der Waals surface area contributed by atoms with Crippen LogP contribution in [0.25, 0.3) is 6.08 Å². The van der Waals surface area contributed by atoms with Gasteiger partial charge in [0, 0.05) is 10.0 Å². The van der Waals surface area contributed by atoms with Crippen LogP contribution in [-0.4, -0.2) is 18.0 Å². The highest BCUT2D eigenvalue weighted by atomic mass is 79.9. The normalized spacial score (nSPS) is 10.9. The number of benzene rings is 2. The molecular weight excluding hydrogens is 344 g/mol. The van der Waals surface area contributed by atoms with Crippen molar-refractivity contribution in [3.8, 4) is 11.5 Å². The van der Waals surface area contributed by atoms with Gasteiger partial charge in [0.05, 0.1) is 7.11 Å². The first-order valence-corrected chi connectivity index (χ1v) is 7.58. The van der Waals surface area contributed by atoms with Gasteiger partial charge in [0.15, 0.2) is 17.3 Å². The van der Waals surface area contributed by atoms with Gasteiger partial charge in [-0.3, -0.25) is 4.79 Å². The highest BCUT2D eigenvalue weighted by molar-refractivity contribution is 9.10. The number of ether oxygens (including phenoxy) is 1. The highest BCUT2D eigenvalue weighted by Gasteiger charge is 2.07. The van der Waals surface area contributed by atoms with E-state index in [4.69, 9.17) is 4.74 Å². The second kappa shape index (κ2) is 6.79. The van der Waals surface area contributed by atoms with Gasteiger partial charge in [-0.15, -0.1) is 0 Å². The van der Waals surface area contributed by atoms with Gasteiger partial charge in [-0.2, -0.15) is 0 Å². The Balaban J connectivity index is 2.28. The molecule has 0 aliphatic heterocycles. The summed E-state index contributed by atoms with van der Waals surface area (Å²) in [5.74, 6) is 0.343. The molecule has 1 N–H and O–H groups in total. The van der Waals surface area contributed by atoms with Crippen LogP contribution in [0.5, 0.6) is 11.5 Å². The van der Waals surface area contributed by atoms with E-state index in [-0.39, 0.29) is 11.5 Å². The fourth-order valence-electron chi connectivity index (χ4n) is 2.01. The summed E-state index contributed by atoms with van der Waals surface area (Å²) in [6, 6.07) is 8.86. The average Bonchev–Trinajstić information content (AvgIpc) is 2.49. The van der Waals surface area contributed by atoms with Crippen molar-refractivity contribution in [1.82, 2.24) is 0 Å². The third-order valence-corrected chi connectivity index (χ3v) is 4.19. The van der Waals surface area contributed by atoms with Crippen molar-refractivity contribution in [2.24, 2.45) is 0 Å². The molecule has 2 aromatic carbocycles. The van der Waals surface area contributed by atoms with Crippen LogP contribution in [0.1, 0.15) is 27.0 Å². The molecule has 22 heavy (non-hydrogen) atoms. The Morgan fingerprint density at radius 2 is 1.91 bits per heavy atom. The number of phenolic OH excluding ortho intramolecular Hbond substituents is 1. The summed E-state index contributed by atoms with van der Waals surface area (Å²) in [5.41, 5.74) is 3.66. The smallest absolute Gasteiger partial charge is 0.185 e. The first kappa shape index (κ1) is 16.3. The van der Waals surface area contributed by atoms with Crippen LogP contribution >= 0.6 is 15.9 Å². The van der Waals surface area contributed by atoms with Crippen molar-refractivity contribution in [2.45, 2.75) is 13.8 Å². The number of rotatable bonds is 4. The fraction of sp³-hybridized carbons (Fsp3) is 0.167. The van der Waals surface area contributed by atoms with E-state index in [0.717, 1.165) is 16.7 Å². The minimum absolute atomic E-state index is 0.0482. The minimum Gasteiger partial charge on any atom is -0.504 e. The molecule has 0 heterocycles. The molecule has 0 aromatic heterocycles. The van der Waals surface area contributed by atoms with Gasteiger partial charge in [0.25, 0.3) is 0 Å². The lowest BCUT2D eigenvalue weighted by Crippen LogP contribution is -1.96. The molecule has 3 nitrogen and oxygen atoms in total. The fourth-order valence-corrected chi connectivity index (χ4v) is 2.47. The zero-order valence-electron chi connectivity index (χ0n) is 12.7. The van der Waals surface area contributed by atoms with Crippen molar-refractivity contribution >= 4 is 27.8 Å². The van der Waals surface area contributed by atoms with Crippen molar-refractivity contribution in [3.63, 3.8) is 0 Å². The number of methoxy groups -OCH3 is 1. The first-order chi connectivity index (χ1) is 10.4. The van der Waals surface area contributed by atoms with Crippen LogP contribution in [0.2, 0.25) is 0 Å². The average molecular weight is 361 g/mol. The lowest BCUT2D eigenvalue weighted by atomic mass is 10.0. The summed E-state index contributed by atoms with van der Waals surface area (Å²) in [6.07, 6.45) is 3.21. The predicted octanol–water partition coefficient (Wildman–Crippen LogP) is 4.68. The quantitative estimate of drug-likeness (QED) is 0.636. The van der Waals surface area contributed by atoms with Gasteiger partial charge in [0.1, 0.15) is 0 Å². The molecule has 0 atom stereocenters.